The van der Waals surface area contributed by atoms with Crippen molar-refractivity contribution in [2.75, 3.05) is 7.11 Å². The highest BCUT2D eigenvalue weighted by Gasteiger charge is 2.51. The number of fused-ring (bicyclic) bond motifs is 7. The minimum Gasteiger partial charge on any atom is -0.497 e. The number of ether oxygens (including phenoxy) is 2. The first-order chi connectivity index (χ1) is 20.6. The smallest absolute Gasteiger partial charge is 0.187 e. The summed E-state index contributed by atoms with van der Waals surface area (Å²) in [6.45, 7) is 19.0. The van der Waals surface area contributed by atoms with Crippen LogP contribution in [0.15, 0.2) is 109 Å². The van der Waals surface area contributed by atoms with Crippen molar-refractivity contribution in [1.29, 1.82) is 0 Å². The molecule has 0 saturated heterocycles. The van der Waals surface area contributed by atoms with Crippen molar-refractivity contribution in [3.05, 3.63) is 159 Å². The van der Waals surface area contributed by atoms with Gasteiger partial charge in [-0.05, 0) is 73.7 Å². The minimum absolute atomic E-state index is 0.0571. The molecule has 3 aliphatic rings. The van der Waals surface area contributed by atoms with Crippen LogP contribution in [0.2, 0.25) is 0 Å². The monoisotopic (exact) mass is 563 g/mol. The van der Waals surface area contributed by atoms with Gasteiger partial charge in [0.2, 0.25) is 0 Å². The second-order valence-electron chi connectivity index (χ2n) is 13.6. The molecule has 7 rings (SSSR count). The number of nitrogens with zero attached hydrogens (tertiary/aromatic N) is 1. The van der Waals surface area contributed by atoms with E-state index < -0.39 is 5.60 Å². The average molecular weight is 564 g/mol. The number of hydrogen-bond acceptors (Lipinski definition) is 2. The second kappa shape index (κ2) is 9.56. The van der Waals surface area contributed by atoms with Gasteiger partial charge in [0.1, 0.15) is 11.4 Å². The molecule has 3 nitrogen and oxygen atoms in total. The molecule has 0 amide bonds. The lowest BCUT2D eigenvalue weighted by Crippen LogP contribution is -2.40. The van der Waals surface area contributed by atoms with Crippen LogP contribution in [-0.4, -0.2) is 7.11 Å². The first kappa shape index (κ1) is 27.4. The van der Waals surface area contributed by atoms with Crippen molar-refractivity contribution in [3.8, 4) is 5.75 Å². The van der Waals surface area contributed by atoms with Gasteiger partial charge in [-0.3, -0.25) is 0 Å². The molecule has 1 aliphatic heterocycles. The zero-order valence-corrected chi connectivity index (χ0v) is 25.7. The van der Waals surface area contributed by atoms with E-state index in [4.69, 9.17) is 16.0 Å². The third kappa shape index (κ3) is 4.04. The molecule has 0 N–H and O–H groups in total. The maximum absolute atomic E-state index is 7.65. The molecule has 0 fully saturated rings. The molecular weight excluding hydrogens is 526 g/mol. The van der Waals surface area contributed by atoms with E-state index >= 15 is 0 Å². The highest BCUT2D eigenvalue weighted by molar-refractivity contribution is 5.93. The molecule has 0 radical (unpaired) electrons. The number of hydrogen-bond donors (Lipinski definition) is 0. The second-order valence-corrected chi connectivity index (χ2v) is 13.6. The van der Waals surface area contributed by atoms with Crippen LogP contribution < -0.4 is 4.74 Å². The van der Waals surface area contributed by atoms with Gasteiger partial charge in [0, 0.05) is 11.3 Å². The zero-order chi connectivity index (χ0) is 30.1. The fourth-order valence-electron chi connectivity index (χ4n) is 7.49. The lowest BCUT2D eigenvalue weighted by atomic mass is 9.67. The maximum Gasteiger partial charge on any atom is 0.187 e. The molecule has 0 spiro atoms. The molecule has 0 saturated carbocycles. The number of benzene rings is 4. The fraction of sp³-hybridized carbons (Fsp3) is 0.275. The van der Waals surface area contributed by atoms with Crippen LogP contribution in [-0.2, 0) is 21.2 Å². The largest absolute Gasteiger partial charge is 0.497 e. The van der Waals surface area contributed by atoms with E-state index in [1.165, 1.54) is 39.0 Å². The molecular formula is C40H37NO2. The summed E-state index contributed by atoms with van der Waals surface area (Å²) < 4.78 is 13.0. The predicted octanol–water partition coefficient (Wildman–Crippen LogP) is 9.84. The SMILES string of the molecule is [C-]#[N+]c1ccc2c(c1)C(C)(C)C1=C2c2ccccc2C2OC(c3ccc(OC)cc3)(c3ccc(C(C)(C)C)cc3)C=CC12. The highest BCUT2D eigenvalue weighted by atomic mass is 16.5. The molecule has 43 heavy (non-hydrogen) atoms. The molecule has 4 aromatic carbocycles. The van der Waals surface area contributed by atoms with Gasteiger partial charge in [0.25, 0.3) is 0 Å². The van der Waals surface area contributed by atoms with Gasteiger partial charge in [0.15, 0.2) is 5.69 Å². The van der Waals surface area contributed by atoms with Crippen molar-refractivity contribution < 1.29 is 9.47 Å². The van der Waals surface area contributed by atoms with E-state index in [-0.39, 0.29) is 22.9 Å². The van der Waals surface area contributed by atoms with Gasteiger partial charge in [-0.1, -0.05) is 120 Å². The standard InChI is InChI=1S/C40H37NO2/c1-38(2,3)25-12-14-26(15-13-25)40(27-16-19-29(42-7)20-17-27)23-22-33-36-35(30-10-8-9-11-31(30)37(33)43-40)32-21-18-28(41-6)24-34(32)39(36,4)5/h8-24,33,37H,1-5,7H3. The fourth-order valence-corrected chi connectivity index (χ4v) is 7.49. The first-order valence-corrected chi connectivity index (χ1v) is 15.1. The molecule has 3 atom stereocenters. The summed E-state index contributed by atoms with van der Waals surface area (Å²) in [6.07, 6.45) is 4.49. The van der Waals surface area contributed by atoms with E-state index in [0.717, 1.165) is 16.9 Å². The van der Waals surface area contributed by atoms with Crippen LogP contribution >= 0.6 is 0 Å². The highest BCUT2D eigenvalue weighted by Crippen LogP contribution is 2.61. The molecule has 3 unspecified atom stereocenters. The summed E-state index contributed by atoms with van der Waals surface area (Å²) in [5, 5.41) is 0. The summed E-state index contributed by atoms with van der Waals surface area (Å²) in [5.41, 5.74) is 10.7. The van der Waals surface area contributed by atoms with Crippen LogP contribution in [0.4, 0.5) is 5.69 Å². The Morgan fingerprint density at radius 1 is 0.837 bits per heavy atom. The van der Waals surface area contributed by atoms with Gasteiger partial charge < -0.3 is 9.47 Å². The van der Waals surface area contributed by atoms with Crippen molar-refractivity contribution in [2.45, 2.75) is 57.2 Å². The predicted molar refractivity (Wildman–Crippen MR) is 174 cm³/mol. The Balaban J connectivity index is 1.44. The van der Waals surface area contributed by atoms with E-state index in [1.807, 2.05) is 18.2 Å². The Labute approximate surface area is 255 Å². The average Bonchev–Trinajstić information content (AvgIpc) is 3.26. The van der Waals surface area contributed by atoms with E-state index in [2.05, 4.69) is 124 Å². The molecule has 0 bridgehead atoms. The first-order valence-electron chi connectivity index (χ1n) is 15.1. The van der Waals surface area contributed by atoms with Crippen LogP contribution in [0.3, 0.4) is 0 Å². The molecule has 214 valence electrons. The Morgan fingerprint density at radius 2 is 1.51 bits per heavy atom. The summed E-state index contributed by atoms with van der Waals surface area (Å²) >= 11 is 0. The summed E-state index contributed by atoms with van der Waals surface area (Å²) in [5.74, 6) is 0.880. The van der Waals surface area contributed by atoms with Crippen LogP contribution in [0.1, 0.15) is 79.7 Å². The molecule has 2 aliphatic carbocycles. The maximum atomic E-state index is 7.65. The van der Waals surface area contributed by atoms with Gasteiger partial charge in [-0.25, -0.2) is 4.85 Å². The summed E-state index contributed by atoms with van der Waals surface area (Å²) in [6, 6.07) is 32.2. The lowest BCUT2D eigenvalue weighted by Gasteiger charge is -2.47. The third-order valence-corrected chi connectivity index (χ3v) is 9.76. The molecule has 1 heterocycles. The van der Waals surface area contributed by atoms with Crippen molar-refractivity contribution in [1.82, 2.24) is 0 Å². The van der Waals surface area contributed by atoms with Crippen molar-refractivity contribution in [2.24, 2.45) is 5.92 Å². The van der Waals surface area contributed by atoms with E-state index in [1.54, 1.807) is 7.11 Å². The lowest BCUT2D eigenvalue weighted by molar-refractivity contribution is -0.0712. The number of methoxy groups -OCH3 is 1. The van der Waals surface area contributed by atoms with E-state index in [0.29, 0.717) is 5.69 Å². The summed E-state index contributed by atoms with van der Waals surface area (Å²) in [4.78, 5) is 3.76. The Bertz CT molecular complexity index is 1840. The summed E-state index contributed by atoms with van der Waals surface area (Å²) in [7, 11) is 1.70. The van der Waals surface area contributed by atoms with Gasteiger partial charge >= 0.3 is 0 Å². The van der Waals surface area contributed by atoms with Crippen molar-refractivity contribution >= 4 is 11.3 Å². The van der Waals surface area contributed by atoms with Crippen LogP contribution in [0, 0.1) is 12.5 Å². The van der Waals surface area contributed by atoms with Gasteiger partial charge in [-0.2, -0.15) is 0 Å². The van der Waals surface area contributed by atoms with Crippen LogP contribution in [0.25, 0.3) is 10.4 Å². The minimum atomic E-state index is -0.776. The normalized spacial score (nSPS) is 23.1. The molecule has 4 aromatic rings. The molecule has 0 aromatic heterocycles. The Morgan fingerprint density at radius 3 is 2.16 bits per heavy atom. The zero-order valence-electron chi connectivity index (χ0n) is 25.7. The molecule has 3 heteroatoms. The van der Waals surface area contributed by atoms with E-state index in [9.17, 15) is 0 Å². The number of rotatable bonds is 3. The Kier molecular flexibility index (Phi) is 6.10. The van der Waals surface area contributed by atoms with Gasteiger partial charge in [-0.15, -0.1) is 0 Å². The van der Waals surface area contributed by atoms with Crippen molar-refractivity contribution in [3.63, 3.8) is 0 Å². The quantitative estimate of drug-likeness (QED) is 0.183. The Hall–Kier alpha value is -4.39. The topological polar surface area (TPSA) is 22.8 Å². The van der Waals surface area contributed by atoms with Crippen LogP contribution in [0.5, 0.6) is 5.75 Å². The third-order valence-electron chi connectivity index (χ3n) is 9.76. The van der Waals surface area contributed by atoms with Gasteiger partial charge in [0.05, 0.1) is 19.8 Å².